The van der Waals surface area contributed by atoms with Crippen LogP contribution in [0.2, 0.25) is 0 Å². The summed E-state index contributed by atoms with van der Waals surface area (Å²) in [7, 11) is 1.53. The number of carboxylic acid groups (broad SMARTS) is 1. The monoisotopic (exact) mass is 343 g/mol. The van der Waals surface area contributed by atoms with Crippen molar-refractivity contribution in [2.45, 2.75) is 0 Å². The summed E-state index contributed by atoms with van der Waals surface area (Å²) in [4.78, 5) is 26.2. The van der Waals surface area contributed by atoms with Crippen LogP contribution in [0.1, 0.15) is 0 Å². The van der Waals surface area contributed by atoms with Crippen molar-refractivity contribution in [2.75, 3.05) is 13.7 Å². The molecule has 0 saturated heterocycles. The van der Waals surface area contributed by atoms with E-state index in [9.17, 15) is 14.0 Å². The maximum absolute atomic E-state index is 14.2. The fraction of sp³-hybridized carbons (Fsp3) is 0.111. The minimum absolute atomic E-state index is 0.0946. The van der Waals surface area contributed by atoms with Gasteiger partial charge in [0.2, 0.25) is 0 Å². The van der Waals surface area contributed by atoms with Crippen LogP contribution < -0.4 is 14.9 Å². The van der Waals surface area contributed by atoms with E-state index < -0.39 is 23.8 Å². The summed E-state index contributed by atoms with van der Waals surface area (Å²) < 4.78 is 24.4. The van der Waals surface area contributed by atoms with E-state index in [1.165, 1.54) is 19.4 Å². The van der Waals surface area contributed by atoms with E-state index >= 15 is 0 Å². The zero-order valence-electron chi connectivity index (χ0n) is 13.2. The molecule has 3 aromatic rings. The van der Waals surface area contributed by atoms with Crippen LogP contribution in [0.15, 0.2) is 47.4 Å². The summed E-state index contributed by atoms with van der Waals surface area (Å²) >= 11 is 0. The first-order valence-electron chi connectivity index (χ1n) is 7.34. The van der Waals surface area contributed by atoms with Crippen molar-refractivity contribution in [3.8, 4) is 22.6 Å². The molecule has 25 heavy (non-hydrogen) atoms. The molecule has 7 heteroatoms. The van der Waals surface area contributed by atoms with Crippen LogP contribution in [-0.2, 0) is 4.79 Å². The van der Waals surface area contributed by atoms with Crippen molar-refractivity contribution in [1.29, 1.82) is 0 Å². The SMILES string of the molecule is COc1ccc(-c2c[nH]c3c(OCC(=O)O)ccc(F)c3c2=O)cc1. The van der Waals surface area contributed by atoms with Gasteiger partial charge in [0.05, 0.1) is 18.0 Å². The van der Waals surface area contributed by atoms with Crippen LogP contribution in [0.4, 0.5) is 4.39 Å². The van der Waals surface area contributed by atoms with Gasteiger partial charge in [-0.1, -0.05) is 12.1 Å². The number of methoxy groups -OCH3 is 1. The molecule has 1 heterocycles. The molecule has 0 fully saturated rings. The van der Waals surface area contributed by atoms with Gasteiger partial charge < -0.3 is 19.6 Å². The maximum Gasteiger partial charge on any atom is 0.341 e. The third-order valence-electron chi connectivity index (χ3n) is 3.70. The molecule has 0 aliphatic heterocycles. The van der Waals surface area contributed by atoms with E-state index in [1.54, 1.807) is 24.3 Å². The Hall–Kier alpha value is -3.35. The maximum atomic E-state index is 14.2. The molecule has 1 aromatic heterocycles. The number of hydrogen-bond donors (Lipinski definition) is 2. The molecule has 0 amide bonds. The number of H-pyrrole nitrogens is 1. The molecule has 128 valence electrons. The highest BCUT2D eigenvalue weighted by Crippen LogP contribution is 2.27. The van der Waals surface area contributed by atoms with Crippen molar-refractivity contribution >= 4 is 16.9 Å². The molecule has 0 atom stereocenters. The summed E-state index contributed by atoms with van der Waals surface area (Å²) in [5.74, 6) is -1.15. The summed E-state index contributed by atoms with van der Waals surface area (Å²) in [5, 5.41) is 8.53. The molecule has 0 aliphatic carbocycles. The highest BCUT2D eigenvalue weighted by molar-refractivity contribution is 5.88. The van der Waals surface area contributed by atoms with Gasteiger partial charge in [-0.3, -0.25) is 4.79 Å². The van der Waals surface area contributed by atoms with Gasteiger partial charge in [0.15, 0.2) is 12.0 Å². The van der Waals surface area contributed by atoms with Crippen molar-refractivity contribution < 1.29 is 23.8 Å². The first-order valence-corrected chi connectivity index (χ1v) is 7.34. The first kappa shape index (κ1) is 16.5. The fourth-order valence-corrected chi connectivity index (χ4v) is 2.51. The average Bonchev–Trinajstić information content (AvgIpc) is 2.61. The number of pyridine rings is 1. The van der Waals surface area contributed by atoms with Gasteiger partial charge in [0.25, 0.3) is 0 Å². The minimum Gasteiger partial charge on any atom is -0.497 e. The van der Waals surface area contributed by atoms with Crippen molar-refractivity contribution in [3.05, 3.63) is 58.6 Å². The van der Waals surface area contributed by atoms with E-state index in [0.29, 0.717) is 11.3 Å². The molecule has 2 aromatic carbocycles. The second-order valence-corrected chi connectivity index (χ2v) is 5.24. The van der Waals surface area contributed by atoms with Crippen LogP contribution in [-0.4, -0.2) is 29.8 Å². The van der Waals surface area contributed by atoms with Gasteiger partial charge in [-0.05, 0) is 29.8 Å². The van der Waals surface area contributed by atoms with Crippen molar-refractivity contribution in [2.24, 2.45) is 0 Å². The highest BCUT2D eigenvalue weighted by Gasteiger charge is 2.15. The molecule has 6 nitrogen and oxygen atoms in total. The number of aliphatic carboxylic acids is 1. The first-order chi connectivity index (χ1) is 12.0. The summed E-state index contributed by atoms with van der Waals surface area (Å²) in [6.07, 6.45) is 1.44. The largest absolute Gasteiger partial charge is 0.497 e. The molecule has 0 radical (unpaired) electrons. The molecule has 0 spiro atoms. The number of benzene rings is 2. The van der Waals surface area contributed by atoms with Crippen LogP contribution >= 0.6 is 0 Å². The Kier molecular flexibility index (Phi) is 4.38. The molecule has 0 saturated carbocycles. The van der Waals surface area contributed by atoms with Gasteiger partial charge in [0.1, 0.15) is 17.3 Å². The minimum atomic E-state index is -1.17. The topological polar surface area (TPSA) is 88.6 Å². The van der Waals surface area contributed by atoms with E-state index in [2.05, 4.69) is 4.98 Å². The second kappa shape index (κ2) is 6.64. The number of halogens is 1. The number of aromatic nitrogens is 1. The number of rotatable bonds is 5. The lowest BCUT2D eigenvalue weighted by molar-refractivity contribution is -0.139. The van der Waals surface area contributed by atoms with E-state index in [-0.39, 0.29) is 22.2 Å². The average molecular weight is 343 g/mol. The smallest absolute Gasteiger partial charge is 0.341 e. The lowest BCUT2D eigenvalue weighted by Crippen LogP contribution is -2.12. The van der Waals surface area contributed by atoms with E-state index in [0.717, 1.165) is 6.07 Å². The summed E-state index contributed by atoms with van der Waals surface area (Å²) in [6, 6.07) is 9.13. The molecule has 3 rings (SSSR count). The van der Waals surface area contributed by atoms with Gasteiger partial charge in [-0.25, -0.2) is 9.18 Å². The predicted octanol–water partition coefficient (Wildman–Crippen LogP) is 2.81. The zero-order valence-corrected chi connectivity index (χ0v) is 13.2. The molecule has 0 bridgehead atoms. The Labute approximate surface area is 141 Å². The van der Waals surface area contributed by atoms with Gasteiger partial charge in [-0.15, -0.1) is 0 Å². The van der Waals surface area contributed by atoms with Gasteiger partial charge in [0, 0.05) is 11.8 Å². The normalized spacial score (nSPS) is 10.6. The standard InChI is InChI=1S/C18H14FNO5/c1-24-11-4-2-10(3-5-11)12-8-20-17-14(25-9-15(21)22)7-6-13(19)16(17)18(12)23/h2-8H,9H2,1H3,(H,20,23)(H,21,22). The quantitative estimate of drug-likeness (QED) is 0.744. The summed E-state index contributed by atoms with van der Waals surface area (Å²) in [5.41, 5.74) is 0.477. The number of nitrogens with one attached hydrogen (secondary N) is 1. The number of carboxylic acids is 1. The second-order valence-electron chi connectivity index (χ2n) is 5.24. The van der Waals surface area contributed by atoms with Gasteiger partial charge >= 0.3 is 5.97 Å². The number of hydrogen-bond acceptors (Lipinski definition) is 4. The van der Waals surface area contributed by atoms with E-state index in [4.69, 9.17) is 14.6 Å². The van der Waals surface area contributed by atoms with Crippen LogP contribution in [0.25, 0.3) is 22.0 Å². The lowest BCUT2D eigenvalue weighted by Gasteiger charge is -2.10. The third-order valence-corrected chi connectivity index (χ3v) is 3.70. The fourth-order valence-electron chi connectivity index (χ4n) is 2.51. The van der Waals surface area contributed by atoms with Crippen LogP contribution in [0.3, 0.4) is 0 Å². The number of carbonyl (C=O) groups is 1. The summed E-state index contributed by atoms with van der Waals surface area (Å²) in [6.45, 7) is -0.594. The van der Waals surface area contributed by atoms with Crippen molar-refractivity contribution in [3.63, 3.8) is 0 Å². The lowest BCUT2D eigenvalue weighted by atomic mass is 10.0. The Bertz CT molecular complexity index is 995. The zero-order chi connectivity index (χ0) is 18.0. The molecule has 2 N–H and O–H groups in total. The van der Waals surface area contributed by atoms with E-state index in [1.807, 2.05) is 0 Å². The number of aromatic amines is 1. The molecule has 0 unspecified atom stereocenters. The predicted molar refractivity (Wildman–Crippen MR) is 89.6 cm³/mol. The number of ether oxygens (including phenoxy) is 2. The molecular formula is C18H14FNO5. The Morgan fingerprint density at radius 1 is 1.20 bits per heavy atom. The Morgan fingerprint density at radius 3 is 2.56 bits per heavy atom. The Morgan fingerprint density at radius 2 is 1.92 bits per heavy atom. The highest BCUT2D eigenvalue weighted by atomic mass is 19.1. The van der Waals surface area contributed by atoms with Crippen LogP contribution in [0, 0.1) is 5.82 Å². The third kappa shape index (κ3) is 3.16. The van der Waals surface area contributed by atoms with Crippen LogP contribution in [0.5, 0.6) is 11.5 Å². The Balaban J connectivity index is 2.14. The van der Waals surface area contributed by atoms with Gasteiger partial charge in [-0.2, -0.15) is 0 Å². The number of fused-ring (bicyclic) bond motifs is 1. The van der Waals surface area contributed by atoms with Crippen molar-refractivity contribution in [1.82, 2.24) is 4.98 Å². The molecule has 0 aliphatic rings. The molecular weight excluding hydrogens is 329 g/mol.